The smallest absolute Gasteiger partial charge is 0.239 e. The van der Waals surface area contributed by atoms with Gasteiger partial charge in [0.2, 0.25) is 5.91 Å². The first kappa shape index (κ1) is 14.4. The van der Waals surface area contributed by atoms with Crippen molar-refractivity contribution in [2.45, 2.75) is 32.4 Å². The standard InChI is InChI=1S/C12H24N2O3/c1-8(2)11-9(4-5-17-11)6-14-12(15)10(13)7-16-3/h8-11H,4-7,13H2,1-3H3,(H,14,15). The summed E-state index contributed by atoms with van der Waals surface area (Å²) in [6.45, 7) is 5.95. The molecule has 1 aliphatic rings. The average Bonchev–Trinajstić information content (AvgIpc) is 2.74. The van der Waals surface area contributed by atoms with Crippen molar-refractivity contribution in [2.75, 3.05) is 26.9 Å². The third kappa shape index (κ3) is 4.26. The Balaban J connectivity index is 2.32. The minimum Gasteiger partial charge on any atom is -0.383 e. The van der Waals surface area contributed by atoms with Crippen molar-refractivity contribution in [3.05, 3.63) is 0 Å². The highest BCUT2D eigenvalue weighted by molar-refractivity contribution is 5.81. The number of amides is 1. The number of carbonyl (C=O) groups is 1. The second kappa shape index (κ2) is 6.93. The molecule has 17 heavy (non-hydrogen) atoms. The molecular weight excluding hydrogens is 220 g/mol. The average molecular weight is 244 g/mol. The highest BCUT2D eigenvalue weighted by Gasteiger charge is 2.31. The SMILES string of the molecule is COCC(N)C(=O)NCC1CCOC1C(C)C. The summed E-state index contributed by atoms with van der Waals surface area (Å²) >= 11 is 0. The van der Waals surface area contributed by atoms with Gasteiger partial charge in [0, 0.05) is 26.2 Å². The molecule has 5 nitrogen and oxygen atoms in total. The third-order valence-electron chi connectivity index (χ3n) is 3.14. The summed E-state index contributed by atoms with van der Waals surface area (Å²) in [4.78, 5) is 11.6. The summed E-state index contributed by atoms with van der Waals surface area (Å²) in [7, 11) is 1.53. The second-order valence-electron chi connectivity index (χ2n) is 4.94. The highest BCUT2D eigenvalue weighted by atomic mass is 16.5. The number of carbonyl (C=O) groups excluding carboxylic acids is 1. The van der Waals surface area contributed by atoms with E-state index in [9.17, 15) is 4.79 Å². The van der Waals surface area contributed by atoms with E-state index < -0.39 is 6.04 Å². The van der Waals surface area contributed by atoms with Gasteiger partial charge in [-0.25, -0.2) is 0 Å². The molecule has 3 atom stereocenters. The molecule has 1 aliphatic heterocycles. The summed E-state index contributed by atoms with van der Waals surface area (Å²) in [5.74, 6) is 0.724. The Hall–Kier alpha value is -0.650. The zero-order valence-corrected chi connectivity index (χ0v) is 10.9. The van der Waals surface area contributed by atoms with Crippen molar-refractivity contribution in [1.82, 2.24) is 5.32 Å². The number of methoxy groups -OCH3 is 1. The zero-order valence-electron chi connectivity index (χ0n) is 10.9. The molecule has 0 aromatic rings. The molecule has 1 heterocycles. The Morgan fingerprint density at radius 1 is 1.59 bits per heavy atom. The maximum Gasteiger partial charge on any atom is 0.239 e. The Morgan fingerprint density at radius 2 is 2.29 bits per heavy atom. The minimum absolute atomic E-state index is 0.152. The van der Waals surface area contributed by atoms with Crippen LogP contribution in [0.5, 0.6) is 0 Å². The van der Waals surface area contributed by atoms with Gasteiger partial charge in [0.15, 0.2) is 0 Å². The lowest BCUT2D eigenvalue weighted by Gasteiger charge is -2.22. The van der Waals surface area contributed by atoms with Gasteiger partial charge in [-0.3, -0.25) is 4.79 Å². The van der Waals surface area contributed by atoms with E-state index in [0.717, 1.165) is 13.0 Å². The van der Waals surface area contributed by atoms with Crippen LogP contribution in [0.15, 0.2) is 0 Å². The second-order valence-corrected chi connectivity index (χ2v) is 4.94. The predicted molar refractivity (Wildman–Crippen MR) is 65.5 cm³/mol. The Kier molecular flexibility index (Phi) is 5.88. The fourth-order valence-electron chi connectivity index (χ4n) is 2.23. The predicted octanol–water partition coefficient (Wildman–Crippen LogP) is 0.137. The molecule has 3 N–H and O–H groups in total. The van der Waals surface area contributed by atoms with E-state index in [4.69, 9.17) is 15.2 Å². The van der Waals surface area contributed by atoms with E-state index in [1.54, 1.807) is 0 Å². The molecule has 0 bridgehead atoms. The lowest BCUT2D eigenvalue weighted by Crippen LogP contribution is -2.46. The molecule has 0 spiro atoms. The fraction of sp³-hybridized carbons (Fsp3) is 0.917. The third-order valence-corrected chi connectivity index (χ3v) is 3.14. The van der Waals surface area contributed by atoms with Gasteiger partial charge in [-0.2, -0.15) is 0 Å². The van der Waals surface area contributed by atoms with Gasteiger partial charge < -0.3 is 20.5 Å². The minimum atomic E-state index is -0.583. The number of hydrogen-bond donors (Lipinski definition) is 2. The zero-order chi connectivity index (χ0) is 12.8. The molecule has 0 aromatic carbocycles. The maximum absolute atomic E-state index is 11.6. The van der Waals surface area contributed by atoms with Gasteiger partial charge in [-0.05, 0) is 12.3 Å². The number of ether oxygens (including phenoxy) is 2. The van der Waals surface area contributed by atoms with E-state index in [2.05, 4.69) is 19.2 Å². The topological polar surface area (TPSA) is 73.6 Å². The van der Waals surface area contributed by atoms with Gasteiger partial charge >= 0.3 is 0 Å². The lowest BCUT2D eigenvalue weighted by atomic mass is 9.93. The van der Waals surface area contributed by atoms with Crippen molar-refractivity contribution in [1.29, 1.82) is 0 Å². The van der Waals surface area contributed by atoms with Crippen LogP contribution in [-0.2, 0) is 14.3 Å². The van der Waals surface area contributed by atoms with Gasteiger partial charge in [-0.15, -0.1) is 0 Å². The van der Waals surface area contributed by atoms with Gasteiger partial charge in [0.1, 0.15) is 6.04 Å². The van der Waals surface area contributed by atoms with Crippen LogP contribution >= 0.6 is 0 Å². The van der Waals surface area contributed by atoms with Crippen molar-refractivity contribution < 1.29 is 14.3 Å². The molecular formula is C12H24N2O3. The molecule has 1 rings (SSSR count). The van der Waals surface area contributed by atoms with Crippen LogP contribution in [0.3, 0.4) is 0 Å². The van der Waals surface area contributed by atoms with Crippen LogP contribution < -0.4 is 11.1 Å². The van der Waals surface area contributed by atoms with Crippen molar-refractivity contribution in [3.8, 4) is 0 Å². The molecule has 0 radical (unpaired) electrons. The number of hydrogen-bond acceptors (Lipinski definition) is 4. The maximum atomic E-state index is 11.6. The Bertz CT molecular complexity index is 246. The molecule has 1 amide bonds. The summed E-state index contributed by atoms with van der Waals surface area (Å²) < 4.78 is 10.5. The molecule has 1 saturated heterocycles. The molecule has 0 aromatic heterocycles. The van der Waals surface area contributed by atoms with Crippen molar-refractivity contribution in [3.63, 3.8) is 0 Å². The first-order chi connectivity index (χ1) is 8.06. The highest BCUT2D eigenvalue weighted by Crippen LogP contribution is 2.25. The Labute approximate surface area is 103 Å². The number of nitrogens with one attached hydrogen (secondary N) is 1. The van der Waals surface area contributed by atoms with Crippen LogP contribution in [0.25, 0.3) is 0 Å². The van der Waals surface area contributed by atoms with E-state index in [0.29, 0.717) is 18.4 Å². The van der Waals surface area contributed by atoms with Crippen LogP contribution in [-0.4, -0.2) is 44.9 Å². The summed E-state index contributed by atoms with van der Waals surface area (Å²) in [5, 5.41) is 2.87. The normalized spacial score (nSPS) is 26.2. The van der Waals surface area contributed by atoms with E-state index >= 15 is 0 Å². The van der Waals surface area contributed by atoms with Crippen LogP contribution in [0.4, 0.5) is 0 Å². The molecule has 100 valence electrons. The van der Waals surface area contributed by atoms with Crippen LogP contribution in [0.2, 0.25) is 0 Å². The Morgan fingerprint density at radius 3 is 2.88 bits per heavy atom. The van der Waals surface area contributed by atoms with Crippen molar-refractivity contribution >= 4 is 5.91 Å². The number of nitrogens with two attached hydrogens (primary N) is 1. The van der Waals surface area contributed by atoms with E-state index in [1.165, 1.54) is 7.11 Å². The van der Waals surface area contributed by atoms with E-state index in [-0.39, 0.29) is 18.6 Å². The summed E-state index contributed by atoms with van der Waals surface area (Å²) in [5.41, 5.74) is 5.64. The quantitative estimate of drug-likeness (QED) is 0.697. The summed E-state index contributed by atoms with van der Waals surface area (Å²) in [6, 6.07) is -0.583. The van der Waals surface area contributed by atoms with E-state index in [1.807, 2.05) is 0 Å². The summed E-state index contributed by atoms with van der Waals surface area (Å²) in [6.07, 6.45) is 1.25. The van der Waals surface area contributed by atoms with Crippen molar-refractivity contribution in [2.24, 2.45) is 17.6 Å². The first-order valence-electron chi connectivity index (χ1n) is 6.20. The number of rotatable bonds is 6. The molecule has 5 heteroatoms. The lowest BCUT2D eigenvalue weighted by molar-refractivity contribution is -0.123. The molecule has 1 fully saturated rings. The first-order valence-corrected chi connectivity index (χ1v) is 6.20. The molecule has 0 saturated carbocycles. The van der Waals surface area contributed by atoms with Gasteiger partial charge in [0.05, 0.1) is 12.7 Å². The largest absolute Gasteiger partial charge is 0.383 e. The van der Waals surface area contributed by atoms with Crippen LogP contribution in [0, 0.1) is 11.8 Å². The fourth-order valence-corrected chi connectivity index (χ4v) is 2.23. The molecule has 0 aliphatic carbocycles. The van der Waals surface area contributed by atoms with Crippen LogP contribution in [0.1, 0.15) is 20.3 Å². The molecule has 3 unspecified atom stereocenters. The van der Waals surface area contributed by atoms with Gasteiger partial charge in [0.25, 0.3) is 0 Å². The monoisotopic (exact) mass is 244 g/mol. The van der Waals surface area contributed by atoms with Gasteiger partial charge in [-0.1, -0.05) is 13.8 Å².